The molecule has 0 aliphatic heterocycles. The lowest BCUT2D eigenvalue weighted by Gasteiger charge is -2.29. The molecule has 0 aliphatic rings. The highest BCUT2D eigenvalue weighted by atomic mass is 16.6. The van der Waals surface area contributed by atoms with Crippen molar-refractivity contribution in [2.45, 2.75) is 38.1 Å². The van der Waals surface area contributed by atoms with E-state index in [0.717, 1.165) is 23.0 Å². The van der Waals surface area contributed by atoms with Crippen LogP contribution in [0.3, 0.4) is 0 Å². The fourth-order valence-corrected chi connectivity index (χ4v) is 3.34. The summed E-state index contributed by atoms with van der Waals surface area (Å²) in [4.78, 5) is 12.1. The summed E-state index contributed by atoms with van der Waals surface area (Å²) in [5.41, 5.74) is 3.02. The fourth-order valence-electron chi connectivity index (χ4n) is 3.34. The van der Waals surface area contributed by atoms with E-state index in [2.05, 4.69) is 6.58 Å². The van der Waals surface area contributed by atoms with E-state index in [0.29, 0.717) is 19.8 Å². The molecule has 0 aromatic heterocycles. The van der Waals surface area contributed by atoms with Crippen LogP contribution in [0.2, 0.25) is 0 Å². The van der Waals surface area contributed by atoms with E-state index in [1.54, 1.807) is 12.2 Å². The minimum atomic E-state index is -0.816. The molecule has 0 N–H and O–H groups in total. The summed E-state index contributed by atoms with van der Waals surface area (Å²) in [5.74, 6) is 0. The van der Waals surface area contributed by atoms with Crippen molar-refractivity contribution < 1.29 is 19.0 Å². The first-order chi connectivity index (χ1) is 16.3. The summed E-state index contributed by atoms with van der Waals surface area (Å²) < 4.78 is 18.5. The number of allylic oxidation sites excluding steroid dienone is 2. The largest absolute Gasteiger partial charge is 0.367 e. The molecule has 3 atom stereocenters. The van der Waals surface area contributed by atoms with Gasteiger partial charge in [0.25, 0.3) is 0 Å². The van der Waals surface area contributed by atoms with Crippen LogP contribution >= 0.6 is 0 Å². The minimum Gasteiger partial charge on any atom is -0.367 e. The maximum Gasteiger partial charge on any atom is 0.151 e. The number of aldehydes is 1. The van der Waals surface area contributed by atoms with Gasteiger partial charge in [-0.3, -0.25) is 0 Å². The predicted molar refractivity (Wildman–Crippen MR) is 130 cm³/mol. The van der Waals surface area contributed by atoms with Crippen LogP contribution in [0.4, 0.5) is 0 Å². The Bertz CT molecular complexity index is 970. The first-order valence-electron chi connectivity index (χ1n) is 11.0. The van der Waals surface area contributed by atoms with Crippen molar-refractivity contribution in [2.75, 3.05) is 0 Å². The lowest BCUT2D eigenvalue weighted by molar-refractivity contribution is -0.151. The van der Waals surface area contributed by atoms with Crippen molar-refractivity contribution in [3.63, 3.8) is 0 Å². The number of hydrogen-bond donors (Lipinski definition) is 0. The van der Waals surface area contributed by atoms with Gasteiger partial charge in [-0.25, -0.2) is 0 Å². The van der Waals surface area contributed by atoms with Gasteiger partial charge in [0.05, 0.1) is 19.8 Å². The zero-order valence-electron chi connectivity index (χ0n) is 18.7. The van der Waals surface area contributed by atoms with Crippen molar-refractivity contribution in [3.8, 4) is 0 Å². The molecule has 0 spiro atoms. The Morgan fingerprint density at radius 1 is 0.636 bits per heavy atom. The number of hydrogen-bond acceptors (Lipinski definition) is 4. The monoisotopic (exact) mass is 442 g/mol. The highest BCUT2D eigenvalue weighted by Crippen LogP contribution is 2.19. The Morgan fingerprint density at radius 3 is 1.48 bits per heavy atom. The lowest BCUT2D eigenvalue weighted by Crippen LogP contribution is -2.42. The van der Waals surface area contributed by atoms with Crippen LogP contribution in [-0.2, 0) is 38.8 Å². The Balaban J connectivity index is 1.79. The zero-order valence-corrected chi connectivity index (χ0v) is 18.7. The van der Waals surface area contributed by atoms with Crippen LogP contribution in [0.25, 0.3) is 0 Å². The summed E-state index contributed by atoms with van der Waals surface area (Å²) >= 11 is 0. The van der Waals surface area contributed by atoms with E-state index in [4.69, 9.17) is 14.2 Å². The summed E-state index contributed by atoms with van der Waals surface area (Å²) in [6.45, 7) is 4.77. The maximum absolute atomic E-state index is 12.1. The SMILES string of the molecule is C=C/C=C/[C@@H](OCc1ccccc1)[C@H](OCc1ccccc1)[C@H](C=O)OCc1ccccc1. The molecule has 3 aromatic carbocycles. The Hall–Kier alpha value is -3.31. The van der Waals surface area contributed by atoms with Gasteiger partial charge < -0.3 is 19.0 Å². The molecule has 170 valence electrons. The Labute approximate surface area is 196 Å². The fraction of sp³-hybridized carbons (Fsp3) is 0.207. The van der Waals surface area contributed by atoms with E-state index in [-0.39, 0.29) is 0 Å². The van der Waals surface area contributed by atoms with Gasteiger partial charge in [0.15, 0.2) is 6.29 Å². The van der Waals surface area contributed by atoms with Crippen molar-refractivity contribution in [1.29, 1.82) is 0 Å². The second-order valence-corrected chi connectivity index (χ2v) is 7.54. The second kappa shape index (κ2) is 14.0. The van der Waals surface area contributed by atoms with Gasteiger partial charge in [0.2, 0.25) is 0 Å². The molecule has 3 aromatic rings. The number of benzene rings is 3. The smallest absolute Gasteiger partial charge is 0.151 e. The molecule has 33 heavy (non-hydrogen) atoms. The van der Waals surface area contributed by atoms with Crippen LogP contribution in [0.15, 0.2) is 116 Å². The Morgan fingerprint density at radius 2 is 1.06 bits per heavy atom. The van der Waals surface area contributed by atoms with E-state index in [1.165, 1.54) is 0 Å². The van der Waals surface area contributed by atoms with Gasteiger partial charge in [-0.2, -0.15) is 0 Å². The zero-order chi connectivity index (χ0) is 23.1. The summed E-state index contributed by atoms with van der Waals surface area (Å²) in [7, 11) is 0. The van der Waals surface area contributed by atoms with E-state index in [9.17, 15) is 4.79 Å². The molecular formula is C29H30O4. The van der Waals surface area contributed by atoms with Gasteiger partial charge in [-0.15, -0.1) is 0 Å². The highest BCUT2D eigenvalue weighted by Gasteiger charge is 2.31. The molecule has 0 bridgehead atoms. The second-order valence-electron chi connectivity index (χ2n) is 7.54. The van der Waals surface area contributed by atoms with Crippen LogP contribution in [0, 0.1) is 0 Å². The molecule has 4 heteroatoms. The molecule has 0 saturated carbocycles. The standard InChI is InChI=1S/C29H30O4/c1-2-3-19-27(31-21-24-13-7-4-8-14-24)29(33-23-26-17-11-6-12-18-26)28(20-30)32-22-25-15-9-5-10-16-25/h2-20,27-29H,1,21-23H2/b19-3+/t27-,28+,29+/m1/s1. The van der Waals surface area contributed by atoms with Crippen LogP contribution in [0.5, 0.6) is 0 Å². The van der Waals surface area contributed by atoms with Gasteiger partial charge >= 0.3 is 0 Å². The molecule has 0 radical (unpaired) electrons. The van der Waals surface area contributed by atoms with Crippen molar-refractivity contribution in [1.82, 2.24) is 0 Å². The molecule has 0 heterocycles. The van der Waals surface area contributed by atoms with E-state index < -0.39 is 18.3 Å². The normalized spacial score (nSPS) is 13.9. The van der Waals surface area contributed by atoms with Gasteiger partial charge in [0.1, 0.15) is 18.3 Å². The maximum atomic E-state index is 12.1. The van der Waals surface area contributed by atoms with Crippen LogP contribution in [0.1, 0.15) is 16.7 Å². The summed E-state index contributed by atoms with van der Waals surface area (Å²) in [6.07, 6.45) is 4.14. The van der Waals surface area contributed by atoms with Crippen molar-refractivity contribution in [2.24, 2.45) is 0 Å². The molecule has 4 nitrogen and oxygen atoms in total. The molecular weight excluding hydrogens is 412 g/mol. The van der Waals surface area contributed by atoms with Crippen molar-refractivity contribution in [3.05, 3.63) is 132 Å². The third kappa shape index (κ3) is 8.28. The third-order valence-corrected chi connectivity index (χ3v) is 5.07. The minimum absolute atomic E-state index is 0.298. The summed E-state index contributed by atoms with van der Waals surface area (Å²) in [5, 5.41) is 0. The number of carbonyl (C=O) groups is 1. The number of ether oxygens (including phenoxy) is 3. The summed E-state index contributed by atoms with van der Waals surface area (Å²) in [6, 6.07) is 29.5. The molecule has 0 unspecified atom stereocenters. The molecule has 0 saturated heterocycles. The third-order valence-electron chi connectivity index (χ3n) is 5.07. The number of carbonyl (C=O) groups excluding carboxylic acids is 1. The highest BCUT2D eigenvalue weighted by molar-refractivity contribution is 5.57. The van der Waals surface area contributed by atoms with Gasteiger partial charge in [-0.1, -0.05) is 116 Å². The average Bonchev–Trinajstić information content (AvgIpc) is 2.88. The quantitative estimate of drug-likeness (QED) is 0.238. The van der Waals surface area contributed by atoms with E-state index in [1.807, 2.05) is 97.1 Å². The first kappa shape index (κ1) is 24.3. The topological polar surface area (TPSA) is 44.8 Å². The average molecular weight is 443 g/mol. The lowest BCUT2D eigenvalue weighted by atomic mass is 10.1. The molecule has 0 aliphatic carbocycles. The van der Waals surface area contributed by atoms with E-state index >= 15 is 0 Å². The van der Waals surface area contributed by atoms with Gasteiger partial charge in [0, 0.05) is 0 Å². The molecule has 3 rings (SSSR count). The number of rotatable bonds is 14. The van der Waals surface area contributed by atoms with Gasteiger partial charge in [-0.05, 0) is 16.7 Å². The molecule has 0 fully saturated rings. The molecule has 0 amide bonds. The first-order valence-corrected chi connectivity index (χ1v) is 11.0. The van der Waals surface area contributed by atoms with Crippen LogP contribution in [-0.4, -0.2) is 24.6 Å². The van der Waals surface area contributed by atoms with Crippen molar-refractivity contribution >= 4 is 6.29 Å². The van der Waals surface area contributed by atoms with Crippen LogP contribution < -0.4 is 0 Å². The Kier molecular flexibility index (Phi) is 10.3. The predicted octanol–water partition coefficient (Wildman–Crippen LogP) is 5.68.